The van der Waals surface area contributed by atoms with Crippen LogP contribution in [-0.4, -0.2) is 9.49 Å². The van der Waals surface area contributed by atoms with Gasteiger partial charge in [0, 0.05) is 22.5 Å². The summed E-state index contributed by atoms with van der Waals surface area (Å²) in [7, 11) is 0. The van der Waals surface area contributed by atoms with Gasteiger partial charge in [0.25, 0.3) is 5.69 Å². The van der Waals surface area contributed by atoms with E-state index in [0.29, 0.717) is 5.56 Å². The van der Waals surface area contributed by atoms with Crippen molar-refractivity contribution in [3.63, 3.8) is 0 Å². The smallest absolute Gasteiger partial charge is 0.277 e. The number of nitro benzene ring substituents is 1. The molecule has 0 fully saturated rings. The number of fused-ring (bicyclic) bond motifs is 3. The van der Waals surface area contributed by atoms with Crippen LogP contribution in [0.3, 0.4) is 0 Å². The predicted octanol–water partition coefficient (Wildman–Crippen LogP) is 8.10. The molecule has 0 saturated carbocycles. The van der Waals surface area contributed by atoms with Gasteiger partial charge in [0.05, 0.1) is 21.5 Å². The van der Waals surface area contributed by atoms with Gasteiger partial charge in [-0.2, -0.15) is 0 Å². The Labute approximate surface area is 194 Å². The second-order valence-corrected chi connectivity index (χ2v) is 8.60. The monoisotopic (exact) mass is 438 g/mol. The summed E-state index contributed by atoms with van der Waals surface area (Å²) in [5.74, 6) is 0. The molecule has 160 valence electrons. The van der Waals surface area contributed by atoms with Crippen LogP contribution in [0.1, 0.15) is 0 Å². The van der Waals surface area contributed by atoms with Crippen LogP contribution in [0.4, 0.5) is 5.69 Å². The summed E-state index contributed by atoms with van der Waals surface area (Å²) in [6.45, 7) is 0. The van der Waals surface area contributed by atoms with Gasteiger partial charge < -0.3 is 4.57 Å². The lowest BCUT2D eigenvalue weighted by Gasteiger charge is -2.11. The molecule has 0 bridgehead atoms. The Kier molecular flexibility index (Phi) is 3.82. The van der Waals surface area contributed by atoms with Gasteiger partial charge in [-0.05, 0) is 63.5 Å². The molecule has 6 aromatic carbocycles. The van der Waals surface area contributed by atoms with E-state index in [1.165, 1.54) is 21.7 Å². The van der Waals surface area contributed by atoms with E-state index in [4.69, 9.17) is 0 Å². The first-order valence-corrected chi connectivity index (χ1v) is 11.2. The lowest BCUT2D eigenvalue weighted by Crippen LogP contribution is -1.92. The van der Waals surface area contributed by atoms with Crippen LogP contribution >= 0.6 is 0 Å². The molecule has 4 nitrogen and oxygen atoms in total. The number of nitrogens with zero attached hydrogens (tertiary/aromatic N) is 2. The lowest BCUT2D eigenvalue weighted by molar-refractivity contribution is -0.384. The van der Waals surface area contributed by atoms with Crippen molar-refractivity contribution < 1.29 is 4.92 Å². The third-order valence-electron chi connectivity index (χ3n) is 6.84. The summed E-state index contributed by atoms with van der Waals surface area (Å²) in [6.07, 6.45) is 0. The van der Waals surface area contributed by atoms with Crippen LogP contribution in [0.15, 0.2) is 109 Å². The molecule has 0 aliphatic heterocycles. The van der Waals surface area contributed by atoms with Gasteiger partial charge in [-0.3, -0.25) is 10.1 Å². The highest BCUT2D eigenvalue weighted by atomic mass is 16.6. The van der Waals surface area contributed by atoms with Crippen molar-refractivity contribution >= 4 is 49.0 Å². The van der Waals surface area contributed by atoms with Crippen molar-refractivity contribution in [2.75, 3.05) is 0 Å². The van der Waals surface area contributed by atoms with Crippen molar-refractivity contribution in [3.05, 3.63) is 119 Å². The van der Waals surface area contributed by atoms with Crippen LogP contribution in [0.25, 0.3) is 60.2 Å². The van der Waals surface area contributed by atoms with E-state index in [-0.39, 0.29) is 10.6 Å². The summed E-state index contributed by atoms with van der Waals surface area (Å²) < 4.78 is 2.33. The first kappa shape index (κ1) is 18.8. The van der Waals surface area contributed by atoms with E-state index in [9.17, 15) is 10.1 Å². The Balaban J connectivity index is 1.64. The van der Waals surface area contributed by atoms with Crippen molar-refractivity contribution in [1.29, 1.82) is 0 Å². The van der Waals surface area contributed by atoms with Gasteiger partial charge in [0.2, 0.25) is 0 Å². The Bertz CT molecular complexity index is 1880. The molecule has 0 spiro atoms. The lowest BCUT2D eigenvalue weighted by atomic mass is 9.92. The van der Waals surface area contributed by atoms with E-state index in [1.54, 1.807) is 12.1 Å². The molecule has 0 atom stereocenters. The minimum atomic E-state index is -0.311. The number of rotatable bonds is 3. The average Bonchev–Trinajstić information content (AvgIpc) is 3.23. The van der Waals surface area contributed by atoms with Crippen molar-refractivity contribution in [2.45, 2.75) is 0 Å². The van der Waals surface area contributed by atoms with Crippen LogP contribution in [0.2, 0.25) is 0 Å². The Hall–Kier alpha value is -4.70. The van der Waals surface area contributed by atoms with E-state index >= 15 is 0 Å². The van der Waals surface area contributed by atoms with Gasteiger partial charge in [-0.25, -0.2) is 0 Å². The zero-order valence-corrected chi connectivity index (χ0v) is 18.1. The topological polar surface area (TPSA) is 48.1 Å². The Morgan fingerprint density at radius 2 is 1.24 bits per heavy atom. The van der Waals surface area contributed by atoms with E-state index in [0.717, 1.165) is 32.9 Å². The summed E-state index contributed by atoms with van der Waals surface area (Å²) in [5, 5.41) is 18.8. The average molecular weight is 438 g/mol. The summed E-state index contributed by atoms with van der Waals surface area (Å²) in [4.78, 5) is 11.4. The number of para-hydroxylation sites is 2. The molecule has 34 heavy (non-hydrogen) atoms. The van der Waals surface area contributed by atoms with E-state index < -0.39 is 0 Å². The molecular formula is C30H18N2O2. The van der Waals surface area contributed by atoms with Crippen LogP contribution in [-0.2, 0) is 0 Å². The fourth-order valence-corrected chi connectivity index (χ4v) is 5.46. The maximum absolute atomic E-state index is 11.7. The highest BCUT2D eigenvalue weighted by Crippen LogP contribution is 2.44. The molecule has 0 amide bonds. The van der Waals surface area contributed by atoms with Gasteiger partial charge in [-0.1, -0.05) is 66.7 Å². The molecule has 1 heterocycles. The number of hydrogen-bond donors (Lipinski definition) is 0. The van der Waals surface area contributed by atoms with Crippen molar-refractivity contribution in [2.24, 2.45) is 0 Å². The van der Waals surface area contributed by atoms with Crippen molar-refractivity contribution in [1.82, 2.24) is 4.57 Å². The van der Waals surface area contributed by atoms with Crippen LogP contribution < -0.4 is 0 Å². The van der Waals surface area contributed by atoms with Gasteiger partial charge in [-0.15, -0.1) is 0 Å². The number of aromatic nitrogens is 1. The van der Waals surface area contributed by atoms with Crippen LogP contribution in [0.5, 0.6) is 0 Å². The first-order chi connectivity index (χ1) is 16.7. The SMILES string of the molecule is O=[N+]([O-])c1ccccc1-c1ccc2c(c1)c1cccc3c1c1c2cccc1n3-c1ccccc1. The maximum Gasteiger partial charge on any atom is 0.277 e. The molecule has 7 aromatic rings. The second kappa shape index (κ2) is 6.90. The minimum Gasteiger partial charge on any atom is -0.309 e. The molecule has 0 radical (unpaired) electrons. The molecule has 7 rings (SSSR count). The minimum absolute atomic E-state index is 0.120. The van der Waals surface area contributed by atoms with Crippen molar-refractivity contribution in [3.8, 4) is 16.8 Å². The summed E-state index contributed by atoms with van der Waals surface area (Å²) >= 11 is 0. The Morgan fingerprint density at radius 1 is 0.588 bits per heavy atom. The number of hydrogen-bond acceptors (Lipinski definition) is 2. The van der Waals surface area contributed by atoms with E-state index in [1.807, 2.05) is 24.3 Å². The fraction of sp³-hybridized carbons (Fsp3) is 0. The normalized spacial score (nSPS) is 11.8. The molecule has 4 heteroatoms. The molecule has 1 aromatic heterocycles. The second-order valence-electron chi connectivity index (χ2n) is 8.60. The van der Waals surface area contributed by atoms with Gasteiger partial charge in [0.15, 0.2) is 0 Å². The number of nitro groups is 1. The van der Waals surface area contributed by atoms with Crippen LogP contribution in [0, 0.1) is 10.1 Å². The largest absolute Gasteiger partial charge is 0.309 e. The summed E-state index contributed by atoms with van der Waals surface area (Å²) in [6, 6.07) is 36.5. The molecule has 0 N–H and O–H groups in total. The molecule has 0 aliphatic carbocycles. The van der Waals surface area contributed by atoms with E-state index in [2.05, 4.69) is 77.4 Å². The first-order valence-electron chi connectivity index (χ1n) is 11.2. The predicted molar refractivity (Wildman–Crippen MR) is 139 cm³/mol. The zero-order valence-electron chi connectivity index (χ0n) is 18.1. The zero-order chi connectivity index (χ0) is 22.8. The van der Waals surface area contributed by atoms with Gasteiger partial charge >= 0.3 is 0 Å². The fourth-order valence-electron chi connectivity index (χ4n) is 5.46. The standard InChI is InChI=1S/C30H18N2O2/c33-32(34)26-13-5-4-10-21(26)19-16-17-22-23-11-6-14-27-29(23)30-24(25(22)18-19)12-7-15-28(30)31(27)20-8-2-1-3-9-20/h1-18H. The maximum atomic E-state index is 11.7. The molecule has 0 saturated heterocycles. The number of benzene rings is 6. The highest BCUT2D eigenvalue weighted by molar-refractivity contribution is 6.34. The quantitative estimate of drug-likeness (QED) is 0.159. The van der Waals surface area contributed by atoms with Gasteiger partial charge in [0.1, 0.15) is 0 Å². The molecular weight excluding hydrogens is 420 g/mol. The molecule has 0 aliphatic rings. The third kappa shape index (κ3) is 2.48. The Morgan fingerprint density at radius 3 is 1.94 bits per heavy atom. The third-order valence-corrected chi connectivity index (χ3v) is 6.84. The summed E-state index contributed by atoms with van der Waals surface area (Å²) in [5.41, 5.74) is 5.07. The highest BCUT2D eigenvalue weighted by Gasteiger charge is 2.20. The molecule has 0 unspecified atom stereocenters.